The van der Waals surface area contributed by atoms with Crippen molar-refractivity contribution < 1.29 is 0 Å². The summed E-state index contributed by atoms with van der Waals surface area (Å²) >= 11 is 0. The molecule has 6 heavy (non-hydrogen) atoms. The minimum Gasteiger partial charge on any atom is -0.0825 e. The van der Waals surface area contributed by atoms with Gasteiger partial charge in [0.15, 0.2) is 0 Å². The van der Waals surface area contributed by atoms with Crippen molar-refractivity contribution in [3.05, 3.63) is 0 Å². The van der Waals surface area contributed by atoms with Crippen LogP contribution < -0.4 is 0 Å². The normalized spacial score (nSPS) is 24.0. The van der Waals surface area contributed by atoms with Gasteiger partial charge in [0.2, 0.25) is 0 Å². The monoisotopic (exact) mass is 138 g/mol. The van der Waals surface area contributed by atoms with Gasteiger partial charge in [0.1, 0.15) is 0 Å². The van der Waals surface area contributed by atoms with E-state index in [1.165, 1.54) is 17.9 Å². The molecule has 0 nitrogen and oxygen atoms in total. The van der Waals surface area contributed by atoms with Crippen LogP contribution in [0.5, 0.6) is 0 Å². The zero-order valence-corrected chi connectivity index (χ0v) is 5.80. The molecule has 0 N–H and O–H groups in total. The van der Waals surface area contributed by atoms with Gasteiger partial charge in [-0.2, -0.15) is 0 Å². The maximum atomic E-state index is 1.97. The van der Waals surface area contributed by atoms with Crippen molar-refractivity contribution in [2.75, 3.05) is 11.5 Å². The lowest BCUT2D eigenvalue weighted by Gasteiger charge is -2.04. The van der Waals surface area contributed by atoms with Gasteiger partial charge >= 0.3 is 0 Å². The van der Waals surface area contributed by atoms with E-state index in [-0.39, 0.29) is 0 Å². The molecule has 0 aliphatic carbocycles. The van der Waals surface area contributed by atoms with Crippen LogP contribution in [-0.4, -0.2) is 11.5 Å². The molecule has 1 heterocycles. The molecule has 0 aromatic heterocycles. The Morgan fingerprint density at radius 1 is 1.00 bits per heavy atom. The summed E-state index contributed by atoms with van der Waals surface area (Å²) in [5.41, 5.74) is 0. The molecule has 0 bridgehead atoms. The van der Waals surface area contributed by atoms with Crippen LogP contribution in [0.4, 0.5) is 0 Å². The fourth-order valence-corrected chi connectivity index (χ4v) is 4.35. The van der Waals surface area contributed by atoms with E-state index in [0.717, 1.165) is 0 Å². The summed E-state index contributed by atoms with van der Waals surface area (Å²) in [7, 11) is 5.88. The maximum absolute atomic E-state index is 1.97. The second kappa shape index (κ2) is 3.10. The number of hydrogen-bond acceptors (Lipinski definition) is 3. The standard InChI is InChI=1S/C3H6S3/c1-2-4-6-5-3-1/h1-3H2. The summed E-state index contributed by atoms with van der Waals surface area (Å²) in [5.74, 6) is 2.72. The molecule has 0 atom stereocenters. The Kier molecular flexibility index (Phi) is 2.69. The van der Waals surface area contributed by atoms with Crippen LogP contribution in [0, 0.1) is 0 Å². The van der Waals surface area contributed by atoms with Gasteiger partial charge in [-0.15, -0.1) is 0 Å². The molecule has 0 radical (unpaired) electrons. The van der Waals surface area contributed by atoms with Crippen LogP contribution in [0.2, 0.25) is 0 Å². The Hall–Kier alpha value is 1.05. The second-order valence-corrected chi connectivity index (χ2v) is 5.54. The summed E-state index contributed by atoms with van der Waals surface area (Å²) in [6.45, 7) is 0. The summed E-state index contributed by atoms with van der Waals surface area (Å²) in [4.78, 5) is 0. The van der Waals surface area contributed by atoms with Crippen molar-refractivity contribution >= 4 is 31.4 Å². The van der Waals surface area contributed by atoms with Crippen LogP contribution in [-0.2, 0) is 0 Å². The molecule has 1 aliphatic heterocycles. The lowest BCUT2D eigenvalue weighted by atomic mass is 10.6. The molecule has 1 saturated heterocycles. The Morgan fingerprint density at radius 2 is 1.67 bits per heavy atom. The van der Waals surface area contributed by atoms with Crippen molar-refractivity contribution in [1.82, 2.24) is 0 Å². The van der Waals surface area contributed by atoms with Gasteiger partial charge in [0.05, 0.1) is 0 Å². The fraction of sp³-hybridized carbons (Fsp3) is 1.00. The van der Waals surface area contributed by atoms with Gasteiger partial charge in [-0.3, -0.25) is 0 Å². The van der Waals surface area contributed by atoms with E-state index in [4.69, 9.17) is 0 Å². The lowest BCUT2D eigenvalue weighted by Crippen LogP contribution is -1.82. The van der Waals surface area contributed by atoms with Crippen molar-refractivity contribution in [1.29, 1.82) is 0 Å². The van der Waals surface area contributed by atoms with Gasteiger partial charge in [-0.25, -0.2) is 0 Å². The number of hydrogen-bond donors (Lipinski definition) is 0. The summed E-state index contributed by atoms with van der Waals surface area (Å²) in [6.07, 6.45) is 1.41. The van der Waals surface area contributed by atoms with Crippen molar-refractivity contribution in [2.45, 2.75) is 6.42 Å². The first-order valence-corrected chi connectivity index (χ1v) is 5.73. The van der Waals surface area contributed by atoms with Crippen LogP contribution in [0.3, 0.4) is 0 Å². The average molecular weight is 138 g/mol. The van der Waals surface area contributed by atoms with Gasteiger partial charge in [-0.1, -0.05) is 21.6 Å². The average Bonchev–Trinajstić information content (AvgIpc) is 1.72. The molecule has 0 aromatic carbocycles. The summed E-state index contributed by atoms with van der Waals surface area (Å²) in [5, 5.41) is 0. The third-order valence-electron chi connectivity index (χ3n) is 0.552. The van der Waals surface area contributed by atoms with E-state index in [2.05, 4.69) is 0 Å². The molecule has 1 rings (SSSR count). The minimum absolute atomic E-state index is 1.36. The van der Waals surface area contributed by atoms with E-state index in [0.29, 0.717) is 0 Å². The number of rotatable bonds is 0. The Bertz CT molecular complexity index is 21.5. The highest BCUT2D eigenvalue weighted by Gasteiger charge is 1.97. The van der Waals surface area contributed by atoms with Crippen LogP contribution in [0.1, 0.15) is 6.42 Å². The quantitative estimate of drug-likeness (QED) is 0.472. The van der Waals surface area contributed by atoms with Crippen LogP contribution in [0.25, 0.3) is 0 Å². The van der Waals surface area contributed by atoms with Crippen LogP contribution >= 0.6 is 31.4 Å². The van der Waals surface area contributed by atoms with Crippen molar-refractivity contribution in [2.24, 2.45) is 0 Å². The highest BCUT2D eigenvalue weighted by Crippen LogP contribution is 2.39. The van der Waals surface area contributed by atoms with E-state index in [1.54, 1.807) is 0 Å². The van der Waals surface area contributed by atoms with E-state index in [1.807, 2.05) is 31.4 Å². The highest BCUT2D eigenvalue weighted by atomic mass is 33.5. The zero-order chi connectivity index (χ0) is 4.24. The topological polar surface area (TPSA) is 0 Å². The Morgan fingerprint density at radius 3 is 1.83 bits per heavy atom. The highest BCUT2D eigenvalue weighted by molar-refractivity contribution is 9.09. The lowest BCUT2D eigenvalue weighted by molar-refractivity contribution is 1.13. The van der Waals surface area contributed by atoms with Gasteiger partial charge in [-0.05, 0) is 16.2 Å². The third-order valence-corrected chi connectivity index (χ3v) is 4.96. The van der Waals surface area contributed by atoms with Crippen molar-refractivity contribution in [3.63, 3.8) is 0 Å². The maximum Gasteiger partial charge on any atom is 0.00533 e. The molecule has 1 fully saturated rings. The molecule has 0 unspecified atom stereocenters. The third kappa shape index (κ3) is 1.67. The van der Waals surface area contributed by atoms with Gasteiger partial charge in [0, 0.05) is 11.5 Å². The second-order valence-electron chi connectivity index (χ2n) is 1.07. The molecular weight excluding hydrogens is 132 g/mol. The fourth-order valence-electron chi connectivity index (χ4n) is 0.279. The first-order valence-electron chi connectivity index (χ1n) is 1.91. The van der Waals surface area contributed by atoms with E-state index >= 15 is 0 Å². The van der Waals surface area contributed by atoms with Crippen LogP contribution in [0.15, 0.2) is 0 Å². The van der Waals surface area contributed by atoms with Crippen molar-refractivity contribution in [3.8, 4) is 0 Å². The summed E-state index contributed by atoms with van der Waals surface area (Å²) < 4.78 is 0. The van der Waals surface area contributed by atoms with E-state index in [9.17, 15) is 0 Å². The predicted molar refractivity (Wildman–Crippen MR) is 37.1 cm³/mol. The SMILES string of the molecule is C1CSSSC1. The minimum atomic E-state index is 1.36. The smallest absolute Gasteiger partial charge is 0.00533 e. The Labute approximate surface area is 49.6 Å². The van der Waals surface area contributed by atoms with Gasteiger partial charge in [0.25, 0.3) is 0 Å². The largest absolute Gasteiger partial charge is 0.0825 e. The molecule has 3 heteroatoms. The predicted octanol–water partition coefficient (Wildman–Crippen LogP) is 2.42. The molecular formula is C3H6S3. The zero-order valence-electron chi connectivity index (χ0n) is 3.35. The molecule has 0 amide bonds. The first-order chi connectivity index (χ1) is 3.00. The Balaban J connectivity index is 2.00. The molecule has 0 saturated carbocycles. The molecule has 36 valence electrons. The first kappa shape index (κ1) is 5.19. The van der Waals surface area contributed by atoms with Gasteiger partial charge < -0.3 is 0 Å². The molecule has 0 aromatic rings. The molecule has 1 aliphatic rings. The molecule has 0 spiro atoms. The summed E-state index contributed by atoms with van der Waals surface area (Å²) in [6, 6.07) is 0. The van der Waals surface area contributed by atoms with E-state index < -0.39 is 0 Å².